The fourth-order valence-electron chi connectivity index (χ4n) is 3.77. The number of hydrogen-bond acceptors (Lipinski definition) is 9. The van der Waals surface area contributed by atoms with Gasteiger partial charge in [0.15, 0.2) is 5.76 Å². The van der Waals surface area contributed by atoms with Gasteiger partial charge in [-0.1, -0.05) is 6.07 Å². The van der Waals surface area contributed by atoms with E-state index in [4.69, 9.17) is 8.83 Å². The van der Waals surface area contributed by atoms with Crippen LogP contribution in [-0.4, -0.2) is 75.3 Å². The van der Waals surface area contributed by atoms with E-state index in [9.17, 15) is 18.5 Å². The molecule has 1 fully saturated rings. The van der Waals surface area contributed by atoms with Crippen LogP contribution in [-0.2, 0) is 14.8 Å². The fraction of sp³-hybridized carbons (Fsp3) is 0.348. The van der Waals surface area contributed by atoms with Crippen molar-refractivity contribution < 1.29 is 22.0 Å². The third-order valence-corrected chi connectivity index (χ3v) is 7.66. The lowest BCUT2D eigenvalue weighted by Gasteiger charge is -2.34. The quantitative estimate of drug-likeness (QED) is 0.519. The van der Waals surface area contributed by atoms with Crippen LogP contribution in [0.15, 0.2) is 50.3 Å². The van der Waals surface area contributed by atoms with E-state index in [2.05, 4.69) is 16.4 Å². The second-order valence-electron chi connectivity index (χ2n) is 8.34. The van der Waals surface area contributed by atoms with E-state index in [-0.39, 0.29) is 28.9 Å². The Labute approximate surface area is 203 Å². The first-order valence-electron chi connectivity index (χ1n) is 10.9. The number of benzene rings is 1. The average molecular weight is 499 g/mol. The predicted molar refractivity (Wildman–Crippen MR) is 128 cm³/mol. The number of piperazine rings is 1. The van der Waals surface area contributed by atoms with Crippen molar-refractivity contribution in [2.75, 3.05) is 57.0 Å². The highest BCUT2D eigenvalue weighted by atomic mass is 32.2. The number of nitrogens with zero attached hydrogens (tertiary/aromatic N) is 5. The first kappa shape index (κ1) is 24.5. The van der Waals surface area contributed by atoms with Gasteiger partial charge in [0.25, 0.3) is 5.89 Å². The summed E-state index contributed by atoms with van der Waals surface area (Å²) in [4.78, 5) is 20.9. The zero-order valence-electron chi connectivity index (χ0n) is 19.7. The molecular weight excluding hydrogens is 472 g/mol. The van der Waals surface area contributed by atoms with Crippen LogP contribution in [0.4, 0.5) is 11.6 Å². The molecule has 0 aliphatic carbocycles. The van der Waals surface area contributed by atoms with Crippen LogP contribution in [0.5, 0.6) is 0 Å². The van der Waals surface area contributed by atoms with Gasteiger partial charge in [-0.15, -0.1) is 0 Å². The molecule has 1 N–H and O–H groups in total. The molecule has 0 bridgehead atoms. The Balaban J connectivity index is 1.36. The highest BCUT2D eigenvalue weighted by Crippen LogP contribution is 2.29. The lowest BCUT2D eigenvalue weighted by molar-refractivity contribution is -0.117. The molecule has 4 rings (SSSR count). The zero-order valence-corrected chi connectivity index (χ0v) is 20.5. The number of hydrogen-bond donors (Lipinski definition) is 1. The van der Waals surface area contributed by atoms with Gasteiger partial charge in [0.1, 0.15) is 6.07 Å². The van der Waals surface area contributed by atoms with Gasteiger partial charge in [-0.3, -0.25) is 9.69 Å². The highest BCUT2D eigenvalue weighted by Gasteiger charge is 2.26. The van der Waals surface area contributed by atoms with Crippen molar-refractivity contribution in [1.29, 1.82) is 5.26 Å². The molecule has 2 aromatic heterocycles. The maximum absolute atomic E-state index is 12.6. The minimum Gasteiger partial charge on any atom is -0.459 e. The first-order chi connectivity index (χ1) is 16.7. The first-order valence-corrected chi connectivity index (χ1v) is 12.4. The van der Waals surface area contributed by atoms with Crippen LogP contribution < -0.4 is 10.2 Å². The van der Waals surface area contributed by atoms with E-state index in [1.807, 2.05) is 9.80 Å². The van der Waals surface area contributed by atoms with E-state index in [0.29, 0.717) is 49.1 Å². The molecular formula is C23H26N6O5S. The lowest BCUT2D eigenvalue weighted by Crippen LogP contribution is -2.48. The average Bonchev–Trinajstić information content (AvgIpc) is 3.50. The third kappa shape index (κ3) is 5.22. The Hall–Kier alpha value is -3.66. The summed E-state index contributed by atoms with van der Waals surface area (Å²) < 4.78 is 37.3. The summed E-state index contributed by atoms with van der Waals surface area (Å²) >= 11 is 0. The number of nitriles is 1. The van der Waals surface area contributed by atoms with Gasteiger partial charge in [0.2, 0.25) is 27.5 Å². The largest absolute Gasteiger partial charge is 0.459 e. The van der Waals surface area contributed by atoms with E-state index in [1.165, 1.54) is 26.4 Å². The van der Waals surface area contributed by atoms with Gasteiger partial charge in [0, 0.05) is 46.0 Å². The fourth-order valence-corrected chi connectivity index (χ4v) is 4.91. The van der Waals surface area contributed by atoms with Crippen LogP contribution in [0.3, 0.4) is 0 Å². The summed E-state index contributed by atoms with van der Waals surface area (Å²) in [5.74, 6) is 0.836. The molecule has 0 atom stereocenters. The number of aryl methyl sites for hydroxylation is 1. The Kier molecular flexibility index (Phi) is 6.93. The Bertz CT molecular complexity index is 1350. The van der Waals surface area contributed by atoms with Gasteiger partial charge < -0.3 is 19.1 Å². The van der Waals surface area contributed by atoms with Crippen molar-refractivity contribution in [3.05, 3.63) is 47.9 Å². The molecule has 1 aliphatic heterocycles. The Morgan fingerprint density at radius 1 is 1.23 bits per heavy atom. The molecule has 35 heavy (non-hydrogen) atoms. The number of rotatable bonds is 7. The smallest absolute Gasteiger partial charge is 0.266 e. The highest BCUT2D eigenvalue weighted by molar-refractivity contribution is 7.89. The summed E-state index contributed by atoms with van der Waals surface area (Å²) in [6, 6.07) is 10.3. The van der Waals surface area contributed by atoms with Crippen LogP contribution in [0, 0.1) is 18.3 Å². The minimum absolute atomic E-state index is 0.149. The monoisotopic (exact) mass is 498 g/mol. The molecule has 0 radical (unpaired) electrons. The van der Waals surface area contributed by atoms with Crippen LogP contribution >= 0.6 is 0 Å². The number of sulfonamides is 1. The van der Waals surface area contributed by atoms with Crippen LogP contribution in [0.25, 0.3) is 11.7 Å². The number of furan rings is 1. The molecule has 184 valence electrons. The third-order valence-electron chi connectivity index (χ3n) is 5.70. The SMILES string of the molecule is Cc1ccc(NC(=O)CN2CCN(c3oc(-c4ccco4)nc3C#N)CC2)cc1S(=O)(=O)N(C)C. The maximum Gasteiger partial charge on any atom is 0.266 e. The minimum atomic E-state index is -3.62. The number of carbonyl (C=O) groups is 1. The van der Waals surface area contributed by atoms with Crippen molar-refractivity contribution in [2.24, 2.45) is 0 Å². The van der Waals surface area contributed by atoms with Crippen molar-refractivity contribution in [2.45, 2.75) is 11.8 Å². The standard InChI is InChI=1S/C23H26N6O5S/c1-16-6-7-17(13-20(16)35(31,32)27(2)3)25-21(30)15-28-8-10-29(11-9-28)23-18(14-24)26-22(34-23)19-5-4-12-33-19/h4-7,12-13H,8-11,15H2,1-3H3,(H,25,30). The van der Waals surface area contributed by atoms with Gasteiger partial charge in [-0.05, 0) is 36.8 Å². The molecule has 12 heteroatoms. The normalized spacial score (nSPS) is 14.8. The molecule has 0 saturated carbocycles. The molecule has 1 aliphatic rings. The molecule has 1 saturated heterocycles. The zero-order chi connectivity index (χ0) is 25.2. The molecule has 1 amide bonds. The Morgan fingerprint density at radius 2 is 1.97 bits per heavy atom. The van der Waals surface area contributed by atoms with E-state index >= 15 is 0 Å². The van der Waals surface area contributed by atoms with E-state index < -0.39 is 10.0 Å². The summed E-state index contributed by atoms with van der Waals surface area (Å²) in [6.07, 6.45) is 1.51. The Morgan fingerprint density at radius 3 is 2.60 bits per heavy atom. The van der Waals surface area contributed by atoms with Crippen LogP contribution in [0.1, 0.15) is 11.3 Å². The predicted octanol–water partition coefficient (Wildman–Crippen LogP) is 2.13. The maximum atomic E-state index is 12.6. The molecule has 0 spiro atoms. The number of carbonyl (C=O) groups excluding carboxylic acids is 1. The number of amides is 1. The van der Waals surface area contributed by atoms with Crippen molar-refractivity contribution in [1.82, 2.24) is 14.2 Å². The topological polar surface area (TPSA) is 136 Å². The van der Waals surface area contributed by atoms with E-state index in [1.54, 1.807) is 31.2 Å². The second-order valence-corrected chi connectivity index (χ2v) is 10.5. The molecule has 3 aromatic rings. The van der Waals surface area contributed by atoms with Crippen molar-refractivity contribution >= 4 is 27.5 Å². The number of oxazole rings is 1. The summed E-state index contributed by atoms with van der Waals surface area (Å²) in [5.41, 5.74) is 1.21. The number of nitrogens with one attached hydrogen (secondary N) is 1. The summed E-state index contributed by atoms with van der Waals surface area (Å²) in [5, 5.41) is 12.2. The van der Waals surface area contributed by atoms with Gasteiger partial charge in [-0.2, -0.15) is 10.2 Å². The van der Waals surface area contributed by atoms with Crippen molar-refractivity contribution in [3.8, 4) is 17.7 Å². The van der Waals surface area contributed by atoms with Crippen molar-refractivity contribution in [3.63, 3.8) is 0 Å². The molecule has 11 nitrogen and oxygen atoms in total. The number of anilines is 2. The molecule has 1 aromatic carbocycles. The molecule has 3 heterocycles. The summed E-state index contributed by atoms with van der Waals surface area (Å²) in [7, 11) is -0.685. The van der Waals surface area contributed by atoms with Gasteiger partial charge in [0.05, 0.1) is 17.7 Å². The molecule has 0 unspecified atom stereocenters. The van der Waals surface area contributed by atoms with Gasteiger partial charge in [-0.25, -0.2) is 12.7 Å². The van der Waals surface area contributed by atoms with E-state index in [0.717, 1.165) is 4.31 Å². The van der Waals surface area contributed by atoms with Crippen LogP contribution in [0.2, 0.25) is 0 Å². The lowest BCUT2D eigenvalue weighted by atomic mass is 10.2. The van der Waals surface area contributed by atoms with Gasteiger partial charge >= 0.3 is 0 Å². The summed E-state index contributed by atoms with van der Waals surface area (Å²) in [6.45, 7) is 4.10. The number of aromatic nitrogens is 1. The second kappa shape index (κ2) is 9.91.